The summed E-state index contributed by atoms with van der Waals surface area (Å²) < 4.78 is 5.43. The zero-order chi connectivity index (χ0) is 27.6. The first-order chi connectivity index (χ1) is 18.9. The molecule has 1 saturated heterocycles. The number of ether oxygens (including phenoxy) is 1. The first-order valence-corrected chi connectivity index (χ1v) is 13.5. The van der Waals surface area contributed by atoms with Gasteiger partial charge in [-0.3, -0.25) is 9.79 Å². The summed E-state index contributed by atoms with van der Waals surface area (Å²) in [5.74, 6) is -0.00119. The smallest absolute Gasteiger partial charge is 0.271 e. The zero-order valence-corrected chi connectivity index (χ0v) is 23.1. The molecular formula is C28H34N8O2S. The molecule has 1 aromatic heterocycles. The van der Waals surface area contributed by atoms with E-state index in [-0.39, 0.29) is 5.70 Å². The number of nitrogens with one attached hydrogen (secondary N) is 2. The number of aromatic nitrogens is 2. The molecule has 0 aliphatic carbocycles. The fourth-order valence-corrected chi connectivity index (χ4v) is 4.69. The quantitative estimate of drug-likeness (QED) is 0.202. The number of carbonyl (C=O) groups is 1. The predicted molar refractivity (Wildman–Crippen MR) is 159 cm³/mol. The Morgan fingerprint density at radius 1 is 1.15 bits per heavy atom. The van der Waals surface area contributed by atoms with Gasteiger partial charge in [-0.2, -0.15) is 0 Å². The van der Waals surface area contributed by atoms with Gasteiger partial charge in [0.2, 0.25) is 5.13 Å². The van der Waals surface area contributed by atoms with Gasteiger partial charge in [-0.15, -0.1) is 10.2 Å². The molecule has 0 unspecified atom stereocenters. The van der Waals surface area contributed by atoms with Gasteiger partial charge >= 0.3 is 0 Å². The van der Waals surface area contributed by atoms with Gasteiger partial charge in [0.25, 0.3) is 5.91 Å². The lowest BCUT2D eigenvalue weighted by Gasteiger charge is -2.25. The van der Waals surface area contributed by atoms with Crippen molar-refractivity contribution in [2.45, 2.75) is 0 Å². The number of amidine groups is 1. The predicted octanol–water partition coefficient (Wildman–Crippen LogP) is 3.04. The Balaban J connectivity index is 1.50. The van der Waals surface area contributed by atoms with Crippen LogP contribution in [0.5, 0.6) is 0 Å². The molecule has 2 aromatic carbocycles. The van der Waals surface area contributed by atoms with Gasteiger partial charge in [-0.1, -0.05) is 60.4 Å². The Bertz CT molecular complexity index is 1330. The number of hydrogen-bond acceptors (Lipinski definition) is 9. The van der Waals surface area contributed by atoms with Crippen LogP contribution in [0.1, 0.15) is 5.56 Å². The molecule has 0 atom stereocenters. The van der Waals surface area contributed by atoms with Crippen LogP contribution in [0.3, 0.4) is 0 Å². The summed E-state index contributed by atoms with van der Waals surface area (Å²) >= 11 is 1.48. The number of benzene rings is 2. The SMILES string of the molecule is C=C(NC(/C=C(\N)C(=O)Nc1ccccc1-c1nnc(N2CCOCC2)s1)=NCCN(C)C)c1ccccc1. The molecule has 0 saturated carbocycles. The average molecular weight is 547 g/mol. The summed E-state index contributed by atoms with van der Waals surface area (Å²) in [6.07, 6.45) is 1.53. The molecule has 39 heavy (non-hydrogen) atoms. The Morgan fingerprint density at radius 3 is 2.62 bits per heavy atom. The number of aliphatic imine (C=N–C) groups is 1. The number of nitrogens with zero attached hydrogens (tertiary/aromatic N) is 5. The van der Waals surface area contributed by atoms with Crippen LogP contribution >= 0.6 is 11.3 Å². The van der Waals surface area contributed by atoms with E-state index in [1.807, 2.05) is 73.6 Å². The maximum absolute atomic E-state index is 13.1. The molecule has 3 aromatic rings. The third-order valence-corrected chi connectivity index (χ3v) is 6.90. The molecule has 1 aliphatic heterocycles. The lowest BCUT2D eigenvalue weighted by atomic mass is 10.1. The number of hydrogen-bond donors (Lipinski definition) is 3. The highest BCUT2D eigenvalue weighted by Gasteiger charge is 2.19. The maximum Gasteiger partial charge on any atom is 0.271 e. The highest BCUT2D eigenvalue weighted by atomic mass is 32.1. The Hall–Kier alpha value is -4.06. The molecule has 1 fully saturated rings. The van der Waals surface area contributed by atoms with E-state index in [1.165, 1.54) is 17.4 Å². The van der Waals surface area contributed by atoms with Crippen LogP contribution in [-0.2, 0) is 9.53 Å². The van der Waals surface area contributed by atoms with Gasteiger partial charge in [0.1, 0.15) is 11.5 Å². The molecule has 10 nitrogen and oxygen atoms in total. The second-order valence-corrected chi connectivity index (χ2v) is 10.1. The van der Waals surface area contributed by atoms with Crippen molar-refractivity contribution in [2.75, 3.05) is 63.7 Å². The number of amides is 1. The largest absolute Gasteiger partial charge is 0.394 e. The Morgan fingerprint density at radius 2 is 1.87 bits per heavy atom. The summed E-state index contributed by atoms with van der Waals surface area (Å²) in [6.45, 7) is 8.26. The van der Waals surface area contributed by atoms with Crippen molar-refractivity contribution in [3.8, 4) is 10.6 Å². The molecule has 0 radical (unpaired) electrons. The fraction of sp³-hybridized carbons (Fsp3) is 0.286. The topological polar surface area (TPSA) is 121 Å². The number of nitrogens with two attached hydrogens (primary N) is 1. The molecule has 204 valence electrons. The Kier molecular flexibility index (Phi) is 9.79. The van der Waals surface area contributed by atoms with Crippen molar-refractivity contribution in [3.05, 3.63) is 78.5 Å². The molecule has 1 amide bonds. The van der Waals surface area contributed by atoms with Crippen LogP contribution in [0.2, 0.25) is 0 Å². The van der Waals surface area contributed by atoms with Gasteiger partial charge in [-0.05, 0) is 31.8 Å². The molecule has 11 heteroatoms. The number of carbonyl (C=O) groups excluding carboxylic acids is 1. The average Bonchev–Trinajstić information content (AvgIpc) is 3.44. The number of rotatable bonds is 10. The standard InChI is InChI=1S/C28H34N8O2S/c1-20(21-9-5-4-6-10-21)31-25(30-13-14-35(2)3)19-23(29)26(37)32-24-12-8-7-11-22(24)27-33-34-28(39-27)36-15-17-38-18-16-36/h4-12,19H,1,13-18,29H2,2-3H3,(H,30,31)(H,32,37)/b23-19-. The van der Waals surface area contributed by atoms with Crippen LogP contribution in [-0.4, -0.2) is 80.3 Å². The van der Waals surface area contributed by atoms with Crippen molar-refractivity contribution in [1.29, 1.82) is 0 Å². The number of anilines is 2. The first kappa shape index (κ1) is 28.0. The maximum atomic E-state index is 13.1. The second kappa shape index (κ2) is 13.7. The third-order valence-electron chi connectivity index (χ3n) is 5.89. The minimum absolute atomic E-state index is 0.00744. The Labute approximate surface area is 232 Å². The van der Waals surface area contributed by atoms with Crippen molar-refractivity contribution in [1.82, 2.24) is 20.4 Å². The fourth-order valence-electron chi connectivity index (χ4n) is 3.75. The summed E-state index contributed by atoms with van der Waals surface area (Å²) in [5.41, 5.74) is 9.18. The minimum atomic E-state index is -0.451. The molecule has 0 spiro atoms. The zero-order valence-electron chi connectivity index (χ0n) is 22.3. The van der Waals surface area contributed by atoms with Crippen molar-refractivity contribution in [2.24, 2.45) is 10.7 Å². The molecule has 0 bridgehead atoms. The lowest BCUT2D eigenvalue weighted by Crippen LogP contribution is -2.36. The normalized spacial score (nSPS) is 14.4. The van der Waals surface area contributed by atoms with Crippen LogP contribution in [0.25, 0.3) is 16.3 Å². The minimum Gasteiger partial charge on any atom is -0.394 e. The summed E-state index contributed by atoms with van der Waals surface area (Å²) in [7, 11) is 3.95. The molecule has 1 aliphatic rings. The van der Waals surface area contributed by atoms with E-state index in [4.69, 9.17) is 10.5 Å². The summed E-state index contributed by atoms with van der Waals surface area (Å²) in [4.78, 5) is 21.9. The van der Waals surface area contributed by atoms with Crippen LogP contribution < -0.4 is 21.3 Å². The van der Waals surface area contributed by atoms with Crippen LogP contribution in [0.4, 0.5) is 10.8 Å². The molecular weight excluding hydrogens is 512 g/mol. The number of morpholine rings is 1. The highest BCUT2D eigenvalue weighted by molar-refractivity contribution is 7.18. The van der Waals surface area contributed by atoms with E-state index in [0.717, 1.165) is 35.9 Å². The first-order valence-electron chi connectivity index (χ1n) is 12.7. The highest BCUT2D eigenvalue weighted by Crippen LogP contribution is 2.33. The van der Waals surface area contributed by atoms with Crippen LogP contribution in [0.15, 0.2) is 77.9 Å². The second-order valence-electron chi connectivity index (χ2n) is 9.13. The van der Waals surface area contributed by atoms with E-state index in [9.17, 15) is 4.79 Å². The third kappa shape index (κ3) is 7.96. The van der Waals surface area contributed by atoms with Crippen molar-refractivity contribution < 1.29 is 9.53 Å². The van der Waals surface area contributed by atoms with E-state index < -0.39 is 5.91 Å². The van der Waals surface area contributed by atoms with Gasteiger partial charge in [0.05, 0.1) is 25.4 Å². The lowest BCUT2D eigenvalue weighted by molar-refractivity contribution is -0.112. The molecule has 4 rings (SSSR count). The van der Waals surface area contributed by atoms with Gasteiger partial charge < -0.3 is 30.9 Å². The van der Waals surface area contributed by atoms with Crippen LogP contribution in [0, 0.1) is 0 Å². The summed E-state index contributed by atoms with van der Waals surface area (Å²) in [5, 5.41) is 16.4. The van der Waals surface area contributed by atoms with Gasteiger partial charge in [0.15, 0.2) is 5.01 Å². The van der Waals surface area contributed by atoms with E-state index in [1.54, 1.807) is 0 Å². The van der Waals surface area contributed by atoms with E-state index >= 15 is 0 Å². The molecule has 2 heterocycles. The number of likely N-dealkylation sites (N-methyl/N-ethyl adjacent to an activating group) is 1. The van der Waals surface area contributed by atoms with Crippen molar-refractivity contribution >= 4 is 39.6 Å². The number of para-hydroxylation sites is 1. The van der Waals surface area contributed by atoms with Gasteiger partial charge in [0, 0.05) is 37.0 Å². The van der Waals surface area contributed by atoms with E-state index in [0.29, 0.717) is 42.0 Å². The van der Waals surface area contributed by atoms with Crippen molar-refractivity contribution in [3.63, 3.8) is 0 Å². The van der Waals surface area contributed by atoms with Gasteiger partial charge in [-0.25, -0.2) is 0 Å². The monoisotopic (exact) mass is 546 g/mol. The molecule has 4 N–H and O–H groups in total. The summed E-state index contributed by atoms with van der Waals surface area (Å²) in [6, 6.07) is 17.2. The van der Waals surface area contributed by atoms with E-state index in [2.05, 4.69) is 37.3 Å².